The van der Waals surface area contributed by atoms with Gasteiger partial charge in [0.15, 0.2) is 11.5 Å². The van der Waals surface area contributed by atoms with Gasteiger partial charge in [0, 0.05) is 11.6 Å². The summed E-state index contributed by atoms with van der Waals surface area (Å²) >= 11 is 9.58. The quantitative estimate of drug-likeness (QED) is 0.320. The molecule has 2 aromatic carbocycles. The molecule has 2 aromatic rings. The molecule has 1 N–H and O–H groups in total. The average Bonchev–Trinajstić information content (AvgIpc) is 2.65. The van der Waals surface area contributed by atoms with Gasteiger partial charge in [-0.25, -0.2) is 0 Å². The number of rotatable bonds is 12. The van der Waals surface area contributed by atoms with E-state index in [1.165, 1.54) is 31.2 Å². The summed E-state index contributed by atoms with van der Waals surface area (Å²) in [6.45, 7) is 7.13. The van der Waals surface area contributed by atoms with Crippen LogP contribution in [0.3, 0.4) is 0 Å². The summed E-state index contributed by atoms with van der Waals surface area (Å²) in [7, 11) is 0. The molecule has 28 heavy (non-hydrogen) atoms. The van der Waals surface area contributed by atoms with Crippen molar-refractivity contribution in [3.8, 4) is 11.5 Å². The van der Waals surface area contributed by atoms with Crippen LogP contribution in [0.5, 0.6) is 11.5 Å². The average molecular weight is 491 g/mol. The summed E-state index contributed by atoms with van der Waals surface area (Å²) in [4.78, 5) is 0. The lowest BCUT2D eigenvalue weighted by atomic mass is 10.1. The molecule has 0 amide bonds. The van der Waals surface area contributed by atoms with Crippen molar-refractivity contribution >= 4 is 39.9 Å². The van der Waals surface area contributed by atoms with Gasteiger partial charge in [0.05, 0.1) is 11.1 Å². The van der Waals surface area contributed by atoms with Crippen LogP contribution in [0.1, 0.15) is 50.7 Å². The van der Waals surface area contributed by atoms with Gasteiger partial charge >= 0.3 is 0 Å². The Morgan fingerprint density at radius 1 is 0.964 bits per heavy atom. The summed E-state index contributed by atoms with van der Waals surface area (Å²) < 4.78 is 12.8. The molecule has 0 aliphatic carbocycles. The van der Waals surface area contributed by atoms with E-state index in [0.29, 0.717) is 13.2 Å². The van der Waals surface area contributed by atoms with Crippen LogP contribution in [0.15, 0.2) is 40.9 Å². The van der Waals surface area contributed by atoms with Gasteiger partial charge in [0.2, 0.25) is 0 Å². The Morgan fingerprint density at radius 2 is 1.71 bits per heavy atom. The molecule has 0 saturated heterocycles. The third-order valence-corrected chi connectivity index (χ3v) is 5.04. The summed E-state index contributed by atoms with van der Waals surface area (Å²) in [6.07, 6.45) is 5.08. The summed E-state index contributed by atoms with van der Waals surface area (Å²) in [6, 6.07) is 11.8. The van der Waals surface area contributed by atoms with Crippen LogP contribution in [0, 0.1) is 0 Å². The fourth-order valence-corrected chi connectivity index (χ4v) is 3.50. The van der Waals surface area contributed by atoms with E-state index >= 15 is 0 Å². The molecule has 0 fully saturated rings. The largest absolute Gasteiger partial charge is 0.490 e. The monoisotopic (exact) mass is 489 g/mol. The van der Waals surface area contributed by atoms with Crippen LogP contribution < -0.4 is 14.8 Å². The molecule has 0 bridgehead atoms. The second-order valence-corrected chi connectivity index (χ2v) is 7.78. The van der Waals surface area contributed by atoms with Crippen LogP contribution in [0.2, 0.25) is 5.02 Å². The highest BCUT2D eigenvalue weighted by Crippen LogP contribution is 2.37. The number of ether oxygens (including phenoxy) is 2. The van der Waals surface area contributed by atoms with Crippen molar-refractivity contribution in [3.05, 3.63) is 57.0 Å². The second kappa shape index (κ2) is 14.1. The Kier molecular flexibility index (Phi) is 12.6. The van der Waals surface area contributed by atoms with Gasteiger partial charge in [0.25, 0.3) is 0 Å². The van der Waals surface area contributed by atoms with Crippen molar-refractivity contribution in [3.63, 3.8) is 0 Å². The first kappa shape index (κ1) is 25.1. The molecule has 0 heterocycles. The maximum absolute atomic E-state index is 6.04. The second-order valence-electron chi connectivity index (χ2n) is 6.49. The molecule has 0 aliphatic rings. The standard InChI is InChI=1S/C22H29BrClNO2.ClH/c1-3-5-6-7-12-25-15-18-13-20(23)22(21(14-18)26-4-2)27-16-17-8-10-19(24)11-9-17;/h8-11,13-14,25H,3-7,12,15-16H2,1-2H3;1H. The Labute approximate surface area is 188 Å². The highest BCUT2D eigenvalue weighted by molar-refractivity contribution is 9.10. The maximum Gasteiger partial charge on any atom is 0.175 e. The topological polar surface area (TPSA) is 30.5 Å². The van der Waals surface area contributed by atoms with E-state index in [-0.39, 0.29) is 12.4 Å². The summed E-state index contributed by atoms with van der Waals surface area (Å²) in [5.74, 6) is 1.50. The van der Waals surface area contributed by atoms with E-state index in [1.807, 2.05) is 31.2 Å². The maximum atomic E-state index is 6.04. The highest BCUT2D eigenvalue weighted by atomic mass is 79.9. The zero-order valence-electron chi connectivity index (χ0n) is 16.6. The van der Waals surface area contributed by atoms with Crippen molar-refractivity contribution < 1.29 is 9.47 Å². The van der Waals surface area contributed by atoms with E-state index in [0.717, 1.165) is 39.6 Å². The smallest absolute Gasteiger partial charge is 0.175 e. The molecule has 0 spiro atoms. The van der Waals surface area contributed by atoms with Crippen molar-refractivity contribution in [1.29, 1.82) is 0 Å². The van der Waals surface area contributed by atoms with Gasteiger partial charge in [-0.1, -0.05) is 49.9 Å². The number of benzene rings is 2. The lowest BCUT2D eigenvalue weighted by molar-refractivity contribution is 0.267. The van der Waals surface area contributed by atoms with Gasteiger partial charge in [0.1, 0.15) is 6.61 Å². The van der Waals surface area contributed by atoms with Crippen molar-refractivity contribution in [2.45, 2.75) is 52.7 Å². The minimum absolute atomic E-state index is 0. The first-order chi connectivity index (χ1) is 13.1. The molecule has 2 rings (SSSR count). The van der Waals surface area contributed by atoms with Crippen LogP contribution in [-0.2, 0) is 13.2 Å². The van der Waals surface area contributed by atoms with E-state index in [4.69, 9.17) is 21.1 Å². The Balaban J connectivity index is 0.00000392. The zero-order valence-corrected chi connectivity index (χ0v) is 19.8. The first-order valence-electron chi connectivity index (χ1n) is 9.67. The van der Waals surface area contributed by atoms with Crippen LogP contribution >= 0.6 is 39.9 Å². The molecule has 0 atom stereocenters. The molecular formula is C22H30BrCl2NO2. The molecule has 0 aromatic heterocycles. The Hall–Kier alpha value is -0.940. The molecule has 6 heteroatoms. The van der Waals surface area contributed by atoms with E-state index in [9.17, 15) is 0 Å². The number of halogens is 3. The number of unbranched alkanes of at least 4 members (excludes halogenated alkanes) is 3. The van der Waals surface area contributed by atoms with Crippen molar-refractivity contribution in [2.75, 3.05) is 13.2 Å². The third-order valence-electron chi connectivity index (χ3n) is 4.20. The molecule has 0 aliphatic heterocycles. The van der Waals surface area contributed by atoms with Gasteiger partial charge in [-0.05, 0) is 71.2 Å². The van der Waals surface area contributed by atoms with E-state index < -0.39 is 0 Å². The van der Waals surface area contributed by atoms with Gasteiger partial charge < -0.3 is 14.8 Å². The minimum atomic E-state index is 0. The number of nitrogens with one attached hydrogen (secondary N) is 1. The van der Waals surface area contributed by atoms with Crippen molar-refractivity contribution in [1.82, 2.24) is 5.32 Å². The van der Waals surface area contributed by atoms with Crippen LogP contribution in [0.4, 0.5) is 0 Å². The Morgan fingerprint density at radius 3 is 2.39 bits per heavy atom. The van der Waals surface area contributed by atoms with Gasteiger partial charge in [-0.2, -0.15) is 0 Å². The highest BCUT2D eigenvalue weighted by Gasteiger charge is 2.12. The Bertz CT molecular complexity index is 696. The summed E-state index contributed by atoms with van der Waals surface area (Å²) in [5, 5.41) is 4.23. The fraction of sp³-hybridized carbons (Fsp3) is 0.455. The number of hydrogen-bond acceptors (Lipinski definition) is 3. The summed E-state index contributed by atoms with van der Waals surface area (Å²) in [5.41, 5.74) is 2.24. The zero-order chi connectivity index (χ0) is 19.5. The lowest BCUT2D eigenvalue weighted by Crippen LogP contribution is -2.15. The predicted molar refractivity (Wildman–Crippen MR) is 124 cm³/mol. The SMILES string of the molecule is CCCCCCNCc1cc(Br)c(OCc2ccc(Cl)cc2)c(OCC)c1.Cl. The number of hydrogen-bond donors (Lipinski definition) is 1. The molecule has 3 nitrogen and oxygen atoms in total. The lowest BCUT2D eigenvalue weighted by Gasteiger charge is -2.16. The van der Waals surface area contributed by atoms with Gasteiger partial charge in [-0.15, -0.1) is 12.4 Å². The van der Waals surface area contributed by atoms with Crippen LogP contribution in [-0.4, -0.2) is 13.2 Å². The molecule has 0 unspecified atom stereocenters. The molecule has 156 valence electrons. The third kappa shape index (κ3) is 8.60. The molecular weight excluding hydrogens is 461 g/mol. The molecule has 0 radical (unpaired) electrons. The predicted octanol–water partition coefficient (Wildman–Crippen LogP) is 7.17. The van der Waals surface area contributed by atoms with Crippen molar-refractivity contribution in [2.24, 2.45) is 0 Å². The van der Waals surface area contributed by atoms with E-state index in [2.05, 4.69) is 40.3 Å². The first-order valence-corrected chi connectivity index (χ1v) is 10.8. The molecule has 0 saturated carbocycles. The minimum Gasteiger partial charge on any atom is -0.490 e. The van der Waals surface area contributed by atoms with E-state index in [1.54, 1.807) is 0 Å². The van der Waals surface area contributed by atoms with Crippen LogP contribution in [0.25, 0.3) is 0 Å². The normalized spacial score (nSPS) is 10.4. The van der Waals surface area contributed by atoms with Gasteiger partial charge in [-0.3, -0.25) is 0 Å². The fourth-order valence-electron chi connectivity index (χ4n) is 2.77.